The molecule has 0 aliphatic heterocycles. The third kappa shape index (κ3) is 4.54. The second-order valence-electron chi connectivity index (χ2n) is 6.14. The Hall–Kier alpha value is -2.02. The van der Waals surface area contributed by atoms with Crippen LogP contribution in [0.3, 0.4) is 0 Å². The molecular weight excluding hydrogens is 338 g/mol. The lowest BCUT2D eigenvalue weighted by Gasteiger charge is -2.31. The number of carbonyl (C=O) groups excluding carboxylic acids is 1. The molecule has 0 atom stereocenters. The van der Waals surface area contributed by atoms with Crippen molar-refractivity contribution in [2.24, 2.45) is 0 Å². The highest BCUT2D eigenvalue weighted by molar-refractivity contribution is 7.97. The Morgan fingerprint density at radius 3 is 2.56 bits per heavy atom. The number of para-hydroxylation sites is 2. The van der Waals surface area contributed by atoms with Gasteiger partial charge in [0.2, 0.25) is 5.91 Å². The number of nitrogens with one attached hydrogen (secondary N) is 1. The molecule has 1 aromatic carbocycles. The zero-order chi connectivity index (χ0) is 18.4. The Labute approximate surface area is 152 Å². The molecule has 0 saturated carbocycles. The fourth-order valence-corrected chi connectivity index (χ4v) is 3.51. The van der Waals surface area contributed by atoms with Gasteiger partial charge in [-0.3, -0.25) is 9.59 Å². The minimum Gasteiger partial charge on any atom is -0.481 e. The Morgan fingerprint density at radius 1 is 1.28 bits per heavy atom. The Balaban J connectivity index is 2.26. The van der Waals surface area contributed by atoms with Crippen LogP contribution in [-0.2, 0) is 21.9 Å². The summed E-state index contributed by atoms with van der Waals surface area (Å²) in [6.45, 7) is 3.94. The predicted molar refractivity (Wildman–Crippen MR) is 101 cm³/mol. The van der Waals surface area contributed by atoms with E-state index in [0.29, 0.717) is 18.6 Å². The van der Waals surface area contributed by atoms with Gasteiger partial charge < -0.3 is 15.0 Å². The van der Waals surface area contributed by atoms with Crippen LogP contribution in [0.2, 0.25) is 0 Å². The lowest BCUT2D eigenvalue weighted by Crippen LogP contribution is -2.50. The smallest absolute Gasteiger partial charge is 0.305 e. The Morgan fingerprint density at radius 2 is 1.96 bits per heavy atom. The Kier molecular flexibility index (Phi) is 6.47. The molecule has 136 valence electrons. The van der Waals surface area contributed by atoms with Crippen LogP contribution in [0.25, 0.3) is 11.0 Å². The van der Waals surface area contributed by atoms with E-state index in [1.807, 2.05) is 48.9 Å². The predicted octanol–water partition coefficient (Wildman–Crippen LogP) is 3.05. The van der Waals surface area contributed by atoms with Gasteiger partial charge in [0, 0.05) is 0 Å². The van der Waals surface area contributed by atoms with Crippen LogP contribution < -0.4 is 5.32 Å². The number of hydrogen-bond donors (Lipinski definition) is 2. The van der Waals surface area contributed by atoms with Gasteiger partial charge in [0.25, 0.3) is 0 Å². The van der Waals surface area contributed by atoms with E-state index in [9.17, 15) is 9.59 Å². The van der Waals surface area contributed by atoms with E-state index < -0.39 is 11.5 Å². The number of benzene rings is 1. The van der Waals surface area contributed by atoms with E-state index in [1.165, 1.54) is 0 Å². The van der Waals surface area contributed by atoms with E-state index in [0.717, 1.165) is 16.9 Å². The van der Waals surface area contributed by atoms with Gasteiger partial charge in [-0.1, -0.05) is 26.0 Å². The SMILES string of the molecule is CCC(CC)(CC(=O)O)NC(=O)Cn1c(CSC)nc2ccccc21. The average molecular weight is 363 g/mol. The molecule has 0 unspecified atom stereocenters. The molecule has 0 aliphatic carbocycles. The summed E-state index contributed by atoms with van der Waals surface area (Å²) in [5.74, 6) is 0.473. The van der Waals surface area contributed by atoms with Crippen LogP contribution in [0.4, 0.5) is 0 Å². The molecular formula is C18H25N3O3S. The zero-order valence-corrected chi connectivity index (χ0v) is 15.7. The molecule has 0 bridgehead atoms. The van der Waals surface area contributed by atoms with Crippen molar-refractivity contribution in [1.29, 1.82) is 0 Å². The van der Waals surface area contributed by atoms with Crippen molar-refractivity contribution >= 4 is 34.7 Å². The van der Waals surface area contributed by atoms with E-state index in [4.69, 9.17) is 5.11 Å². The van der Waals surface area contributed by atoms with Gasteiger partial charge in [-0.25, -0.2) is 4.98 Å². The summed E-state index contributed by atoms with van der Waals surface area (Å²) in [4.78, 5) is 28.5. The topological polar surface area (TPSA) is 84.2 Å². The van der Waals surface area contributed by atoms with Gasteiger partial charge in [-0.05, 0) is 31.2 Å². The van der Waals surface area contributed by atoms with Crippen LogP contribution in [-0.4, -0.2) is 38.3 Å². The molecule has 2 N–H and O–H groups in total. The van der Waals surface area contributed by atoms with Gasteiger partial charge >= 0.3 is 5.97 Å². The van der Waals surface area contributed by atoms with Crippen molar-refractivity contribution in [3.05, 3.63) is 30.1 Å². The zero-order valence-electron chi connectivity index (χ0n) is 14.9. The molecule has 0 aliphatic rings. The third-order valence-corrected chi connectivity index (χ3v) is 5.10. The van der Waals surface area contributed by atoms with Crippen LogP contribution in [0.5, 0.6) is 0 Å². The fourth-order valence-electron chi connectivity index (χ4n) is 3.03. The van der Waals surface area contributed by atoms with Crippen molar-refractivity contribution in [2.45, 2.75) is 50.9 Å². The highest BCUT2D eigenvalue weighted by atomic mass is 32.2. The highest BCUT2D eigenvalue weighted by Crippen LogP contribution is 2.22. The number of hydrogen-bond acceptors (Lipinski definition) is 4. The first kappa shape index (κ1) is 19.3. The number of aromatic nitrogens is 2. The van der Waals surface area contributed by atoms with Crippen molar-refractivity contribution in [1.82, 2.24) is 14.9 Å². The molecule has 2 aromatic rings. The van der Waals surface area contributed by atoms with Gasteiger partial charge in [0.05, 0.1) is 28.7 Å². The minimum absolute atomic E-state index is 0.0753. The normalized spacial score (nSPS) is 11.6. The van der Waals surface area contributed by atoms with Gasteiger partial charge in [0.15, 0.2) is 0 Å². The molecule has 1 aromatic heterocycles. The van der Waals surface area contributed by atoms with Gasteiger partial charge in [0.1, 0.15) is 12.4 Å². The summed E-state index contributed by atoms with van der Waals surface area (Å²) < 4.78 is 1.91. The van der Waals surface area contributed by atoms with Crippen molar-refractivity contribution < 1.29 is 14.7 Å². The van der Waals surface area contributed by atoms with E-state index >= 15 is 0 Å². The summed E-state index contributed by atoms with van der Waals surface area (Å²) in [6, 6.07) is 7.73. The van der Waals surface area contributed by atoms with Crippen LogP contribution in [0.1, 0.15) is 38.9 Å². The van der Waals surface area contributed by atoms with Crippen LogP contribution in [0.15, 0.2) is 24.3 Å². The third-order valence-electron chi connectivity index (χ3n) is 4.56. The molecule has 1 amide bonds. The fraction of sp³-hybridized carbons (Fsp3) is 0.500. The number of carbonyl (C=O) groups is 2. The first-order valence-electron chi connectivity index (χ1n) is 8.40. The number of fused-ring (bicyclic) bond motifs is 1. The van der Waals surface area contributed by atoms with Gasteiger partial charge in [-0.15, -0.1) is 0 Å². The Bertz CT molecular complexity index is 753. The van der Waals surface area contributed by atoms with Crippen molar-refractivity contribution in [3.8, 4) is 0 Å². The number of thioether (sulfide) groups is 1. The first-order chi connectivity index (χ1) is 11.9. The van der Waals surface area contributed by atoms with Gasteiger partial charge in [-0.2, -0.15) is 11.8 Å². The second kappa shape index (κ2) is 8.38. The quantitative estimate of drug-likeness (QED) is 0.715. The average Bonchev–Trinajstić information content (AvgIpc) is 2.91. The standard InChI is InChI=1S/C18H25N3O3S/c1-4-18(5-2,10-17(23)24)20-16(22)11-21-14-9-7-6-8-13(14)19-15(21)12-25-3/h6-9H,4-5,10-12H2,1-3H3,(H,20,22)(H,23,24). The lowest BCUT2D eigenvalue weighted by atomic mass is 9.89. The largest absolute Gasteiger partial charge is 0.481 e. The number of aliphatic carboxylic acids is 1. The summed E-state index contributed by atoms with van der Waals surface area (Å²) in [6.07, 6.45) is 3.07. The van der Waals surface area contributed by atoms with Crippen LogP contribution >= 0.6 is 11.8 Å². The molecule has 0 fully saturated rings. The van der Waals surface area contributed by atoms with E-state index in [2.05, 4.69) is 10.3 Å². The molecule has 2 rings (SSSR count). The summed E-state index contributed by atoms with van der Waals surface area (Å²) in [5, 5.41) is 12.1. The minimum atomic E-state index is -0.903. The molecule has 6 nitrogen and oxygen atoms in total. The number of nitrogens with zero attached hydrogens (tertiary/aromatic N) is 2. The number of imidazole rings is 1. The summed E-state index contributed by atoms with van der Waals surface area (Å²) in [7, 11) is 0. The molecule has 25 heavy (non-hydrogen) atoms. The number of carboxylic acid groups (broad SMARTS) is 1. The molecule has 0 radical (unpaired) electrons. The van der Waals surface area contributed by atoms with Crippen molar-refractivity contribution in [2.75, 3.05) is 6.26 Å². The summed E-state index contributed by atoms with van der Waals surface area (Å²) in [5.41, 5.74) is 1.07. The van der Waals surface area contributed by atoms with E-state index in [-0.39, 0.29) is 18.9 Å². The maximum Gasteiger partial charge on any atom is 0.305 e. The molecule has 0 saturated heterocycles. The first-order valence-corrected chi connectivity index (χ1v) is 9.80. The molecule has 7 heteroatoms. The van der Waals surface area contributed by atoms with Crippen molar-refractivity contribution in [3.63, 3.8) is 0 Å². The number of carboxylic acids is 1. The molecule has 1 heterocycles. The summed E-state index contributed by atoms with van der Waals surface area (Å²) >= 11 is 1.65. The lowest BCUT2D eigenvalue weighted by molar-refractivity contribution is -0.139. The monoisotopic (exact) mass is 363 g/mol. The molecule has 0 spiro atoms. The number of amides is 1. The maximum atomic E-state index is 12.7. The number of rotatable bonds is 9. The maximum absolute atomic E-state index is 12.7. The second-order valence-corrected chi connectivity index (χ2v) is 7.01. The highest BCUT2D eigenvalue weighted by Gasteiger charge is 2.31. The van der Waals surface area contributed by atoms with E-state index in [1.54, 1.807) is 11.8 Å². The van der Waals surface area contributed by atoms with Crippen LogP contribution in [0, 0.1) is 0 Å².